The Labute approximate surface area is 193 Å². The number of carbonyl (C=O) groups excluding carboxylic acids is 2. The number of nitrogens with one attached hydrogen (secondary N) is 1. The lowest BCUT2D eigenvalue weighted by Gasteiger charge is -2.24. The molecule has 0 spiro atoms. The molecule has 0 radical (unpaired) electrons. The summed E-state index contributed by atoms with van der Waals surface area (Å²) >= 11 is 1.51. The number of amides is 2. The first-order valence-corrected chi connectivity index (χ1v) is 11.3. The zero-order valence-electron chi connectivity index (χ0n) is 17.8. The second-order valence-electron chi connectivity index (χ2n) is 7.52. The Morgan fingerprint density at radius 3 is 2.88 bits per heavy atom. The number of fused-ring (bicyclic) bond motifs is 2. The van der Waals surface area contributed by atoms with Gasteiger partial charge in [0.25, 0.3) is 5.91 Å². The van der Waals surface area contributed by atoms with E-state index in [1.165, 1.54) is 11.3 Å². The number of anilines is 1. The Balaban J connectivity index is 1.53. The quantitative estimate of drug-likeness (QED) is 0.434. The Bertz CT molecular complexity index is 1330. The Morgan fingerprint density at radius 1 is 1.24 bits per heavy atom. The van der Waals surface area contributed by atoms with Crippen LogP contribution in [0.3, 0.4) is 0 Å². The predicted octanol–water partition coefficient (Wildman–Crippen LogP) is 3.22. The molecule has 0 saturated carbocycles. The van der Waals surface area contributed by atoms with Crippen molar-refractivity contribution in [1.29, 1.82) is 0 Å². The lowest BCUT2D eigenvalue weighted by Crippen LogP contribution is -2.24. The summed E-state index contributed by atoms with van der Waals surface area (Å²) in [6.45, 7) is 2.03. The number of primary amides is 1. The van der Waals surface area contributed by atoms with Crippen molar-refractivity contribution in [2.24, 2.45) is 5.73 Å². The average molecular weight is 464 g/mol. The molecule has 0 aliphatic carbocycles. The van der Waals surface area contributed by atoms with Crippen molar-refractivity contribution in [2.75, 3.05) is 18.5 Å². The van der Waals surface area contributed by atoms with Crippen molar-refractivity contribution in [1.82, 2.24) is 14.8 Å². The molecule has 3 heterocycles. The van der Waals surface area contributed by atoms with Gasteiger partial charge in [0.15, 0.2) is 18.1 Å². The molecule has 2 aromatic heterocycles. The zero-order chi connectivity index (χ0) is 22.9. The van der Waals surface area contributed by atoms with Crippen LogP contribution in [0.4, 0.5) is 5.82 Å². The molecule has 1 unspecified atom stereocenters. The number of aromatic nitrogens is 3. The van der Waals surface area contributed by atoms with Gasteiger partial charge in [-0.15, -0.1) is 0 Å². The molecule has 0 fully saturated rings. The Morgan fingerprint density at radius 2 is 2.09 bits per heavy atom. The van der Waals surface area contributed by atoms with Gasteiger partial charge >= 0.3 is 0 Å². The number of ether oxygens (including phenoxy) is 2. The lowest BCUT2D eigenvalue weighted by atomic mass is 9.87. The van der Waals surface area contributed by atoms with Gasteiger partial charge in [0.1, 0.15) is 5.82 Å². The largest absolute Gasteiger partial charge is 0.490 e. The number of para-hydroxylation sites is 1. The van der Waals surface area contributed by atoms with Gasteiger partial charge in [0.05, 0.1) is 23.0 Å². The van der Waals surface area contributed by atoms with Gasteiger partial charge in [-0.05, 0) is 36.8 Å². The van der Waals surface area contributed by atoms with Gasteiger partial charge in [0.2, 0.25) is 11.0 Å². The van der Waals surface area contributed by atoms with E-state index < -0.39 is 5.91 Å². The van der Waals surface area contributed by atoms with Crippen molar-refractivity contribution in [3.8, 4) is 16.6 Å². The van der Waals surface area contributed by atoms with Crippen LogP contribution in [0.1, 0.15) is 30.4 Å². The molecule has 0 bridgehead atoms. The molecule has 0 saturated heterocycles. The van der Waals surface area contributed by atoms with Crippen LogP contribution in [0.25, 0.3) is 15.3 Å². The fourth-order valence-corrected chi connectivity index (χ4v) is 4.82. The normalized spacial score (nSPS) is 15.2. The molecule has 9 nitrogen and oxygen atoms in total. The van der Waals surface area contributed by atoms with E-state index in [-0.39, 0.29) is 24.9 Å². The maximum absolute atomic E-state index is 12.6. The highest BCUT2D eigenvalue weighted by Crippen LogP contribution is 2.41. The van der Waals surface area contributed by atoms with Crippen LogP contribution in [-0.4, -0.2) is 39.8 Å². The lowest BCUT2D eigenvalue weighted by molar-refractivity contribution is -0.120. The van der Waals surface area contributed by atoms with Crippen LogP contribution in [0.5, 0.6) is 11.5 Å². The summed E-state index contributed by atoms with van der Waals surface area (Å²) in [5.74, 6) is 0.621. The second-order valence-corrected chi connectivity index (χ2v) is 8.53. The van der Waals surface area contributed by atoms with Crippen molar-refractivity contribution >= 4 is 39.2 Å². The van der Waals surface area contributed by atoms with Crippen molar-refractivity contribution in [3.63, 3.8) is 0 Å². The van der Waals surface area contributed by atoms with Crippen LogP contribution in [-0.2, 0) is 9.59 Å². The van der Waals surface area contributed by atoms with E-state index in [9.17, 15) is 9.59 Å². The van der Waals surface area contributed by atoms with Gasteiger partial charge < -0.3 is 20.5 Å². The summed E-state index contributed by atoms with van der Waals surface area (Å²) in [7, 11) is 0. The van der Waals surface area contributed by atoms with Gasteiger partial charge in [-0.25, -0.2) is 4.98 Å². The maximum Gasteiger partial charge on any atom is 0.255 e. The standard InChI is InChI=1S/C23H21N5O4S/c1-2-31-18-9-13(7-8-17(18)32-12-20(24)29)14-10-21(30)27-22-15(14)11-25-28(22)23-26-16-5-3-4-6-19(16)33-23/h3-9,11,14H,2,10,12H2,1H3,(H2,24,29)(H,27,30). The first kappa shape index (κ1) is 21.0. The van der Waals surface area contributed by atoms with E-state index in [1.54, 1.807) is 16.9 Å². The number of hydrogen-bond acceptors (Lipinski definition) is 7. The summed E-state index contributed by atoms with van der Waals surface area (Å²) in [5.41, 5.74) is 7.84. The zero-order valence-corrected chi connectivity index (χ0v) is 18.6. The minimum absolute atomic E-state index is 0.109. The number of rotatable bonds is 7. The third-order valence-electron chi connectivity index (χ3n) is 5.32. The summed E-state index contributed by atoms with van der Waals surface area (Å²) in [4.78, 5) is 28.4. The highest BCUT2D eigenvalue weighted by atomic mass is 32.1. The number of benzene rings is 2. The van der Waals surface area contributed by atoms with E-state index in [4.69, 9.17) is 15.2 Å². The SMILES string of the molecule is CCOc1cc(C2CC(=O)Nc3c2cnn3-c2nc3ccccc3s2)ccc1OCC(N)=O. The molecule has 3 N–H and O–H groups in total. The topological polar surface area (TPSA) is 121 Å². The molecule has 2 amide bonds. The first-order valence-electron chi connectivity index (χ1n) is 10.4. The predicted molar refractivity (Wildman–Crippen MR) is 124 cm³/mol. The van der Waals surface area contributed by atoms with Crippen LogP contribution in [0, 0.1) is 0 Å². The third-order valence-corrected chi connectivity index (χ3v) is 6.34. The summed E-state index contributed by atoms with van der Waals surface area (Å²) in [5, 5.41) is 8.18. The van der Waals surface area contributed by atoms with Gasteiger partial charge in [-0.2, -0.15) is 9.78 Å². The Hall–Kier alpha value is -3.92. The highest BCUT2D eigenvalue weighted by Gasteiger charge is 2.31. The Kier molecular flexibility index (Phi) is 5.43. The molecule has 1 aliphatic rings. The maximum atomic E-state index is 12.6. The van der Waals surface area contributed by atoms with Gasteiger partial charge in [-0.3, -0.25) is 9.59 Å². The van der Waals surface area contributed by atoms with Crippen LogP contribution >= 0.6 is 11.3 Å². The molecule has 2 aromatic carbocycles. The van der Waals surface area contributed by atoms with E-state index in [1.807, 2.05) is 43.3 Å². The number of nitrogens with zero attached hydrogens (tertiary/aromatic N) is 3. The van der Waals surface area contributed by atoms with E-state index in [0.29, 0.717) is 29.1 Å². The molecule has 5 rings (SSSR count). The molecule has 10 heteroatoms. The van der Waals surface area contributed by atoms with Crippen LogP contribution in [0.2, 0.25) is 0 Å². The van der Waals surface area contributed by atoms with Crippen molar-refractivity contribution in [2.45, 2.75) is 19.3 Å². The number of carbonyl (C=O) groups is 2. The monoisotopic (exact) mass is 463 g/mol. The fraction of sp³-hybridized carbons (Fsp3) is 0.217. The second kappa shape index (κ2) is 8.55. The summed E-state index contributed by atoms with van der Waals surface area (Å²) in [6, 6.07) is 13.3. The minimum atomic E-state index is -0.572. The molecule has 4 aromatic rings. The molecule has 1 atom stereocenters. The third kappa shape index (κ3) is 4.00. The number of nitrogens with two attached hydrogens (primary N) is 1. The molecular weight excluding hydrogens is 442 g/mol. The minimum Gasteiger partial charge on any atom is -0.490 e. The van der Waals surface area contributed by atoms with E-state index >= 15 is 0 Å². The first-order chi connectivity index (χ1) is 16.0. The smallest absolute Gasteiger partial charge is 0.255 e. The van der Waals surface area contributed by atoms with Crippen molar-refractivity contribution in [3.05, 3.63) is 59.8 Å². The van der Waals surface area contributed by atoms with Gasteiger partial charge in [-0.1, -0.05) is 29.5 Å². The molecular formula is C23H21N5O4S. The van der Waals surface area contributed by atoms with E-state index in [0.717, 1.165) is 21.3 Å². The van der Waals surface area contributed by atoms with Gasteiger partial charge in [0, 0.05) is 17.9 Å². The average Bonchev–Trinajstić information content (AvgIpc) is 3.41. The number of hydrogen-bond donors (Lipinski definition) is 2. The molecule has 168 valence electrons. The fourth-order valence-electron chi connectivity index (χ4n) is 3.89. The van der Waals surface area contributed by atoms with Crippen LogP contribution < -0.4 is 20.5 Å². The number of thiazole rings is 1. The summed E-state index contributed by atoms with van der Waals surface area (Å²) in [6.07, 6.45) is 2.04. The van der Waals surface area contributed by atoms with E-state index in [2.05, 4.69) is 15.4 Å². The highest BCUT2D eigenvalue weighted by molar-refractivity contribution is 7.20. The summed E-state index contributed by atoms with van der Waals surface area (Å²) < 4.78 is 13.9. The molecule has 1 aliphatic heterocycles. The van der Waals surface area contributed by atoms with Crippen molar-refractivity contribution < 1.29 is 19.1 Å². The van der Waals surface area contributed by atoms with Crippen LogP contribution in [0.15, 0.2) is 48.7 Å². The molecule has 33 heavy (non-hydrogen) atoms.